The number of hydrogen-bond acceptors (Lipinski definition) is 4. The average Bonchev–Trinajstić information content (AvgIpc) is 2.75. The highest BCUT2D eigenvalue weighted by atomic mass is 16.3. The first-order chi connectivity index (χ1) is 8.56. The Kier molecular flexibility index (Phi) is 4.19. The van der Waals surface area contributed by atoms with E-state index in [1.54, 1.807) is 4.90 Å². The standard InChI is InChI=1S/C12H21N3O3/c13-12(18)9-2-1-4-15(6-9)11(17)8-14-5-3-10(16)7-14/h9-10,16H,1-8H2,(H2,13,18)/t9?,10-/m0/s1. The highest BCUT2D eigenvalue weighted by Crippen LogP contribution is 2.17. The van der Waals surface area contributed by atoms with Crippen LogP contribution in [0, 0.1) is 5.92 Å². The number of β-amino-alcohol motifs (C(OH)–C–C–N with tert-alkyl or cyclic N) is 1. The van der Waals surface area contributed by atoms with E-state index in [0.29, 0.717) is 26.2 Å². The maximum atomic E-state index is 12.1. The molecule has 2 atom stereocenters. The smallest absolute Gasteiger partial charge is 0.236 e. The third-order valence-electron chi connectivity index (χ3n) is 3.78. The van der Waals surface area contributed by atoms with Crippen LogP contribution >= 0.6 is 0 Å². The number of hydrogen-bond donors (Lipinski definition) is 2. The van der Waals surface area contributed by atoms with Crippen LogP contribution in [0.15, 0.2) is 0 Å². The molecule has 0 aliphatic carbocycles. The SMILES string of the molecule is NC(=O)C1CCCN(C(=O)CN2CC[C@H](O)C2)C1. The molecule has 2 aliphatic rings. The second-order valence-electron chi connectivity index (χ2n) is 5.26. The minimum absolute atomic E-state index is 0.0371. The lowest BCUT2D eigenvalue weighted by Gasteiger charge is -2.32. The quantitative estimate of drug-likeness (QED) is 0.661. The topological polar surface area (TPSA) is 86.9 Å². The molecular formula is C12H21N3O3. The summed E-state index contributed by atoms with van der Waals surface area (Å²) < 4.78 is 0. The largest absolute Gasteiger partial charge is 0.392 e. The van der Waals surface area contributed by atoms with Crippen LogP contribution < -0.4 is 5.73 Å². The lowest BCUT2D eigenvalue weighted by molar-refractivity contribution is -0.135. The van der Waals surface area contributed by atoms with Crippen LogP contribution in [-0.4, -0.2) is 65.5 Å². The Labute approximate surface area is 107 Å². The zero-order valence-electron chi connectivity index (χ0n) is 10.5. The number of nitrogens with zero attached hydrogens (tertiary/aromatic N) is 2. The molecule has 6 nitrogen and oxygen atoms in total. The maximum Gasteiger partial charge on any atom is 0.236 e. The molecule has 2 fully saturated rings. The van der Waals surface area contributed by atoms with Crippen molar-refractivity contribution >= 4 is 11.8 Å². The average molecular weight is 255 g/mol. The van der Waals surface area contributed by atoms with Gasteiger partial charge in [0.25, 0.3) is 0 Å². The summed E-state index contributed by atoms with van der Waals surface area (Å²) in [4.78, 5) is 26.9. The molecule has 0 radical (unpaired) electrons. The molecule has 0 aromatic carbocycles. The molecule has 0 bridgehead atoms. The molecule has 6 heteroatoms. The molecule has 0 aromatic heterocycles. The molecule has 2 aliphatic heterocycles. The van der Waals surface area contributed by atoms with Gasteiger partial charge in [-0.05, 0) is 19.3 Å². The van der Waals surface area contributed by atoms with Gasteiger partial charge in [-0.3, -0.25) is 14.5 Å². The summed E-state index contributed by atoms with van der Waals surface area (Å²) in [5.41, 5.74) is 5.29. The number of rotatable bonds is 3. The summed E-state index contributed by atoms with van der Waals surface area (Å²) in [5.74, 6) is -0.481. The van der Waals surface area contributed by atoms with Crippen molar-refractivity contribution in [1.29, 1.82) is 0 Å². The van der Waals surface area contributed by atoms with Gasteiger partial charge in [-0.15, -0.1) is 0 Å². The second kappa shape index (κ2) is 5.67. The van der Waals surface area contributed by atoms with Gasteiger partial charge in [0, 0.05) is 26.2 Å². The van der Waals surface area contributed by atoms with E-state index in [-0.39, 0.29) is 23.8 Å². The van der Waals surface area contributed by atoms with Crippen LogP contribution in [0.25, 0.3) is 0 Å². The summed E-state index contributed by atoms with van der Waals surface area (Å²) in [6.45, 7) is 2.82. The predicted molar refractivity (Wildman–Crippen MR) is 65.6 cm³/mol. The molecule has 0 spiro atoms. The molecular weight excluding hydrogens is 234 g/mol. The number of aliphatic hydroxyl groups is 1. The fourth-order valence-corrected chi connectivity index (χ4v) is 2.68. The van der Waals surface area contributed by atoms with Crippen LogP contribution in [0.2, 0.25) is 0 Å². The Morgan fingerprint density at radius 3 is 2.61 bits per heavy atom. The van der Waals surface area contributed by atoms with Crippen molar-refractivity contribution in [1.82, 2.24) is 9.80 Å². The minimum atomic E-state index is -0.316. The van der Waals surface area contributed by atoms with E-state index < -0.39 is 0 Å². The number of primary amides is 1. The first kappa shape index (κ1) is 13.3. The molecule has 2 amide bonds. The van der Waals surface area contributed by atoms with Crippen molar-refractivity contribution in [2.75, 3.05) is 32.7 Å². The Morgan fingerprint density at radius 1 is 1.22 bits per heavy atom. The van der Waals surface area contributed by atoms with Crippen molar-refractivity contribution in [3.05, 3.63) is 0 Å². The summed E-state index contributed by atoms with van der Waals surface area (Å²) in [5, 5.41) is 9.41. The third kappa shape index (κ3) is 3.20. The van der Waals surface area contributed by atoms with Crippen molar-refractivity contribution in [3.63, 3.8) is 0 Å². The number of nitrogens with two attached hydrogens (primary N) is 1. The van der Waals surface area contributed by atoms with Crippen LogP contribution in [0.4, 0.5) is 0 Å². The molecule has 0 saturated carbocycles. The number of aliphatic hydroxyl groups excluding tert-OH is 1. The van der Waals surface area contributed by atoms with Crippen LogP contribution in [0.3, 0.4) is 0 Å². The first-order valence-corrected chi connectivity index (χ1v) is 6.54. The highest BCUT2D eigenvalue weighted by molar-refractivity contribution is 5.81. The Hall–Kier alpha value is -1.14. The Bertz CT molecular complexity index is 335. The molecule has 102 valence electrons. The maximum absolute atomic E-state index is 12.1. The van der Waals surface area contributed by atoms with Gasteiger partial charge in [0.1, 0.15) is 0 Å². The minimum Gasteiger partial charge on any atom is -0.392 e. The monoisotopic (exact) mass is 255 g/mol. The van der Waals surface area contributed by atoms with Gasteiger partial charge >= 0.3 is 0 Å². The van der Waals surface area contributed by atoms with E-state index in [2.05, 4.69) is 0 Å². The highest BCUT2D eigenvalue weighted by Gasteiger charge is 2.29. The zero-order chi connectivity index (χ0) is 13.1. The van der Waals surface area contributed by atoms with E-state index >= 15 is 0 Å². The van der Waals surface area contributed by atoms with Crippen LogP contribution in [0.5, 0.6) is 0 Å². The van der Waals surface area contributed by atoms with Gasteiger partial charge in [0.2, 0.25) is 11.8 Å². The third-order valence-corrected chi connectivity index (χ3v) is 3.78. The number of amides is 2. The Morgan fingerprint density at radius 2 is 2.00 bits per heavy atom. The number of likely N-dealkylation sites (tertiary alicyclic amines) is 2. The van der Waals surface area contributed by atoms with Gasteiger partial charge in [-0.25, -0.2) is 0 Å². The van der Waals surface area contributed by atoms with E-state index in [9.17, 15) is 14.7 Å². The van der Waals surface area contributed by atoms with Gasteiger partial charge in [-0.2, -0.15) is 0 Å². The zero-order valence-corrected chi connectivity index (χ0v) is 10.5. The van der Waals surface area contributed by atoms with Gasteiger partial charge in [0.05, 0.1) is 18.6 Å². The van der Waals surface area contributed by atoms with Crippen LogP contribution in [0.1, 0.15) is 19.3 Å². The van der Waals surface area contributed by atoms with Crippen molar-refractivity contribution < 1.29 is 14.7 Å². The molecule has 2 rings (SSSR count). The van der Waals surface area contributed by atoms with Crippen molar-refractivity contribution in [3.8, 4) is 0 Å². The van der Waals surface area contributed by atoms with Crippen molar-refractivity contribution in [2.45, 2.75) is 25.4 Å². The fourth-order valence-electron chi connectivity index (χ4n) is 2.68. The van der Waals surface area contributed by atoms with Crippen LogP contribution in [-0.2, 0) is 9.59 Å². The number of carbonyl (C=O) groups is 2. The predicted octanol–water partition coefficient (Wildman–Crippen LogP) is -1.22. The van der Waals surface area contributed by atoms with Gasteiger partial charge in [0.15, 0.2) is 0 Å². The lowest BCUT2D eigenvalue weighted by atomic mass is 9.97. The fraction of sp³-hybridized carbons (Fsp3) is 0.833. The molecule has 0 aromatic rings. The van der Waals surface area contributed by atoms with E-state index in [0.717, 1.165) is 25.8 Å². The van der Waals surface area contributed by atoms with Gasteiger partial charge in [-0.1, -0.05) is 0 Å². The van der Waals surface area contributed by atoms with E-state index in [1.807, 2.05) is 4.90 Å². The molecule has 3 N–H and O–H groups in total. The van der Waals surface area contributed by atoms with E-state index in [4.69, 9.17) is 5.73 Å². The summed E-state index contributed by atoms with van der Waals surface area (Å²) >= 11 is 0. The van der Waals surface area contributed by atoms with Gasteiger partial charge < -0.3 is 15.7 Å². The summed E-state index contributed by atoms with van der Waals surface area (Å²) in [6, 6.07) is 0. The molecule has 18 heavy (non-hydrogen) atoms. The molecule has 2 saturated heterocycles. The Balaban J connectivity index is 1.83. The molecule has 2 heterocycles. The number of carbonyl (C=O) groups excluding carboxylic acids is 2. The first-order valence-electron chi connectivity index (χ1n) is 6.54. The number of piperidine rings is 1. The lowest BCUT2D eigenvalue weighted by Crippen LogP contribution is -2.47. The molecule has 1 unspecified atom stereocenters. The van der Waals surface area contributed by atoms with E-state index in [1.165, 1.54) is 0 Å². The second-order valence-corrected chi connectivity index (χ2v) is 5.26. The normalized spacial score (nSPS) is 29.5. The summed E-state index contributed by atoms with van der Waals surface area (Å²) in [6.07, 6.45) is 2.04. The summed E-state index contributed by atoms with van der Waals surface area (Å²) in [7, 11) is 0. The van der Waals surface area contributed by atoms with Crippen molar-refractivity contribution in [2.24, 2.45) is 11.7 Å².